The Morgan fingerprint density at radius 1 is 1.29 bits per heavy atom. The van der Waals surface area contributed by atoms with Gasteiger partial charge in [0.2, 0.25) is 5.91 Å². The summed E-state index contributed by atoms with van der Waals surface area (Å²) in [5.74, 6) is 0.306. The molecule has 0 aliphatic carbocycles. The lowest BCUT2D eigenvalue weighted by Crippen LogP contribution is -2.51. The van der Waals surface area contributed by atoms with Crippen molar-refractivity contribution in [2.24, 2.45) is 5.92 Å². The van der Waals surface area contributed by atoms with Crippen molar-refractivity contribution in [3.63, 3.8) is 0 Å². The van der Waals surface area contributed by atoms with E-state index in [0.717, 1.165) is 37.6 Å². The molecule has 1 N–H and O–H groups in total. The average Bonchev–Trinajstić information content (AvgIpc) is 3.01. The molecule has 0 saturated carbocycles. The molecule has 0 atom stereocenters. The van der Waals surface area contributed by atoms with Crippen molar-refractivity contribution in [3.05, 3.63) is 22.4 Å². The molecular weight excluding hydrogens is 286 g/mol. The van der Waals surface area contributed by atoms with Gasteiger partial charge in [-0.2, -0.15) is 0 Å². The fourth-order valence-electron chi connectivity index (χ4n) is 2.38. The van der Waals surface area contributed by atoms with Gasteiger partial charge in [-0.05, 0) is 11.4 Å². The molecule has 0 radical (unpaired) electrons. The zero-order valence-corrected chi connectivity index (χ0v) is 13.5. The van der Waals surface area contributed by atoms with Crippen LogP contribution in [0.2, 0.25) is 0 Å². The van der Waals surface area contributed by atoms with Gasteiger partial charge in [-0.1, -0.05) is 19.9 Å². The van der Waals surface area contributed by atoms with E-state index in [1.807, 2.05) is 36.3 Å². The number of carbonyl (C=O) groups is 2. The van der Waals surface area contributed by atoms with E-state index in [1.54, 1.807) is 0 Å². The van der Waals surface area contributed by atoms with Crippen molar-refractivity contribution in [2.75, 3.05) is 39.3 Å². The van der Waals surface area contributed by atoms with Gasteiger partial charge >= 0.3 is 0 Å². The molecule has 1 aromatic heterocycles. The number of amides is 2. The van der Waals surface area contributed by atoms with E-state index in [4.69, 9.17) is 0 Å². The predicted molar refractivity (Wildman–Crippen MR) is 84.5 cm³/mol. The normalized spacial score (nSPS) is 16.2. The maximum atomic E-state index is 11.9. The largest absolute Gasteiger partial charge is 0.350 e. The summed E-state index contributed by atoms with van der Waals surface area (Å²) >= 11 is 1.45. The zero-order chi connectivity index (χ0) is 15.2. The Bertz CT molecular complexity index is 465. The Balaban J connectivity index is 1.65. The fraction of sp³-hybridized carbons (Fsp3) is 0.600. The average molecular weight is 309 g/mol. The zero-order valence-electron chi connectivity index (χ0n) is 12.7. The van der Waals surface area contributed by atoms with Crippen LogP contribution in [0.25, 0.3) is 0 Å². The monoisotopic (exact) mass is 309 g/mol. The summed E-state index contributed by atoms with van der Waals surface area (Å²) in [7, 11) is 0. The van der Waals surface area contributed by atoms with Crippen LogP contribution in [0.3, 0.4) is 0 Å². The minimum Gasteiger partial charge on any atom is -0.350 e. The Hall–Kier alpha value is -1.40. The van der Waals surface area contributed by atoms with Gasteiger partial charge in [-0.15, -0.1) is 11.3 Å². The fourth-order valence-corrected chi connectivity index (χ4v) is 3.02. The summed E-state index contributed by atoms with van der Waals surface area (Å²) in [5.41, 5.74) is 0. The van der Waals surface area contributed by atoms with Crippen molar-refractivity contribution in [3.8, 4) is 0 Å². The van der Waals surface area contributed by atoms with Crippen LogP contribution in [0.1, 0.15) is 23.5 Å². The summed E-state index contributed by atoms with van der Waals surface area (Å²) in [5, 5.41) is 4.84. The quantitative estimate of drug-likeness (QED) is 0.891. The molecule has 2 amide bonds. The molecule has 1 aliphatic rings. The smallest absolute Gasteiger partial charge is 0.261 e. The number of carbonyl (C=O) groups excluding carboxylic acids is 2. The van der Waals surface area contributed by atoms with Crippen LogP contribution < -0.4 is 5.32 Å². The van der Waals surface area contributed by atoms with E-state index in [-0.39, 0.29) is 17.7 Å². The van der Waals surface area contributed by atoms with Gasteiger partial charge in [0, 0.05) is 45.2 Å². The maximum Gasteiger partial charge on any atom is 0.261 e. The van der Waals surface area contributed by atoms with E-state index in [2.05, 4.69) is 10.2 Å². The molecular formula is C15H23N3O2S. The maximum absolute atomic E-state index is 11.9. The molecule has 0 spiro atoms. The standard InChI is InChI=1S/C15H23N3O2S/c1-12(2)15(20)18-9-7-17(8-10-18)6-5-16-14(19)13-4-3-11-21-13/h3-4,11-12H,5-10H2,1-2H3,(H,16,19). The second-order valence-corrected chi connectivity index (χ2v) is 6.50. The molecule has 1 saturated heterocycles. The van der Waals surface area contributed by atoms with Gasteiger partial charge in [0.05, 0.1) is 4.88 Å². The number of piperazine rings is 1. The third-order valence-corrected chi connectivity index (χ3v) is 4.51. The molecule has 2 heterocycles. The first kappa shape index (κ1) is 16.0. The van der Waals surface area contributed by atoms with Crippen molar-refractivity contribution >= 4 is 23.2 Å². The molecule has 2 rings (SSSR count). The Labute approximate surface area is 129 Å². The van der Waals surface area contributed by atoms with Gasteiger partial charge in [-0.3, -0.25) is 14.5 Å². The SMILES string of the molecule is CC(C)C(=O)N1CCN(CCNC(=O)c2cccs2)CC1. The van der Waals surface area contributed by atoms with Crippen molar-refractivity contribution < 1.29 is 9.59 Å². The van der Waals surface area contributed by atoms with Crippen molar-refractivity contribution in [1.29, 1.82) is 0 Å². The number of hydrogen-bond acceptors (Lipinski definition) is 4. The van der Waals surface area contributed by atoms with E-state index in [0.29, 0.717) is 6.54 Å². The van der Waals surface area contributed by atoms with E-state index in [1.165, 1.54) is 11.3 Å². The highest BCUT2D eigenvalue weighted by Gasteiger charge is 2.22. The van der Waals surface area contributed by atoms with Crippen molar-refractivity contribution in [2.45, 2.75) is 13.8 Å². The summed E-state index contributed by atoms with van der Waals surface area (Å²) in [4.78, 5) is 28.7. The number of thiophene rings is 1. The summed E-state index contributed by atoms with van der Waals surface area (Å²) in [6.07, 6.45) is 0. The van der Waals surface area contributed by atoms with Gasteiger partial charge in [0.1, 0.15) is 0 Å². The second kappa shape index (κ2) is 7.56. The van der Waals surface area contributed by atoms with Crippen LogP contribution in [-0.4, -0.2) is 60.9 Å². The van der Waals surface area contributed by atoms with Gasteiger partial charge in [-0.25, -0.2) is 0 Å². The molecule has 1 aliphatic heterocycles. The minimum atomic E-state index is -0.00128. The molecule has 0 aromatic carbocycles. The highest BCUT2D eigenvalue weighted by molar-refractivity contribution is 7.12. The summed E-state index contributed by atoms with van der Waals surface area (Å²) < 4.78 is 0. The van der Waals surface area contributed by atoms with Gasteiger partial charge in [0.25, 0.3) is 5.91 Å². The lowest BCUT2D eigenvalue weighted by Gasteiger charge is -2.35. The first-order valence-electron chi connectivity index (χ1n) is 7.41. The first-order chi connectivity index (χ1) is 10.1. The van der Waals surface area contributed by atoms with Crippen LogP contribution in [0.15, 0.2) is 17.5 Å². The third-order valence-electron chi connectivity index (χ3n) is 3.64. The lowest BCUT2D eigenvalue weighted by atomic mass is 10.1. The van der Waals surface area contributed by atoms with E-state index in [9.17, 15) is 9.59 Å². The summed E-state index contributed by atoms with van der Waals surface area (Å²) in [6.45, 7) is 8.70. The number of rotatable bonds is 5. The Kier molecular flexibility index (Phi) is 5.76. The highest BCUT2D eigenvalue weighted by Crippen LogP contribution is 2.08. The molecule has 0 unspecified atom stereocenters. The molecule has 1 fully saturated rings. The Morgan fingerprint density at radius 2 is 2.00 bits per heavy atom. The van der Waals surface area contributed by atoms with Gasteiger partial charge < -0.3 is 10.2 Å². The second-order valence-electron chi connectivity index (χ2n) is 5.55. The summed E-state index contributed by atoms with van der Waals surface area (Å²) in [6, 6.07) is 3.71. The van der Waals surface area contributed by atoms with Crippen molar-refractivity contribution in [1.82, 2.24) is 15.1 Å². The number of nitrogens with one attached hydrogen (secondary N) is 1. The molecule has 5 nitrogen and oxygen atoms in total. The highest BCUT2D eigenvalue weighted by atomic mass is 32.1. The molecule has 21 heavy (non-hydrogen) atoms. The molecule has 116 valence electrons. The van der Waals surface area contributed by atoms with Crippen LogP contribution in [0, 0.1) is 5.92 Å². The lowest BCUT2D eigenvalue weighted by molar-refractivity contribution is -0.136. The predicted octanol–water partition coefficient (Wildman–Crippen LogP) is 1.28. The first-order valence-corrected chi connectivity index (χ1v) is 8.28. The van der Waals surface area contributed by atoms with Crippen LogP contribution in [0.4, 0.5) is 0 Å². The van der Waals surface area contributed by atoms with E-state index < -0.39 is 0 Å². The minimum absolute atomic E-state index is 0.00128. The molecule has 6 heteroatoms. The third kappa shape index (κ3) is 4.54. The van der Waals surface area contributed by atoms with E-state index >= 15 is 0 Å². The van der Waals surface area contributed by atoms with Gasteiger partial charge in [0.15, 0.2) is 0 Å². The van der Waals surface area contributed by atoms with Crippen LogP contribution in [0.5, 0.6) is 0 Å². The topological polar surface area (TPSA) is 52.7 Å². The van der Waals surface area contributed by atoms with Crippen LogP contribution in [-0.2, 0) is 4.79 Å². The molecule has 1 aromatic rings. The van der Waals surface area contributed by atoms with Crippen LogP contribution >= 0.6 is 11.3 Å². The number of nitrogens with zero attached hydrogens (tertiary/aromatic N) is 2. The number of hydrogen-bond donors (Lipinski definition) is 1. The molecule has 0 bridgehead atoms. The Morgan fingerprint density at radius 3 is 2.57 bits per heavy atom.